The van der Waals surface area contributed by atoms with E-state index in [1.807, 2.05) is 42.7 Å². The van der Waals surface area contributed by atoms with Gasteiger partial charge in [0.25, 0.3) is 0 Å². The van der Waals surface area contributed by atoms with Crippen molar-refractivity contribution < 1.29 is 9.26 Å². The van der Waals surface area contributed by atoms with Crippen molar-refractivity contribution in [3.05, 3.63) is 65.8 Å². The Morgan fingerprint density at radius 2 is 1.77 bits per heavy atom. The number of hydrogen-bond acceptors (Lipinski definition) is 7. The number of hydrogen-bond donors (Lipinski definition) is 0. The summed E-state index contributed by atoms with van der Waals surface area (Å²) in [6.07, 6.45) is 0. The second kappa shape index (κ2) is 8.71. The zero-order valence-electron chi connectivity index (χ0n) is 17.4. The van der Waals surface area contributed by atoms with E-state index in [0.717, 1.165) is 28.0 Å². The molecule has 0 aliphatic rings. The van der Waals surface area contributed by atoms with Gasteiger partial charge in [0.1, 0.15) is 5.75 Å². The second-order valence-electron chi connectivity index (χ2n) is 7.20. The van der Waals surface area contributed by atoms with Crippen LogP contribution in [0.5, 0.6) is 5.75 Å². The molecular weight excluding hydrogens is 398 g/mol. The Labute approximate surface area is 179 Å². The molecule has 154 valence electrons. The van der Waals surface area contributed by atoms with Crippen molar-refractivity contribution in [2.24, 2.45) is 0 Å². The maximum atomic E-state index is 5.37. The Kier molecular flexibility index (Phi) is 5.85. The molecule has 0 bridgehead atoms. The zero-order chi connectivity index (χ0) is 21.1. The molecule has 4 rings (SSSR count). The summed E-state index contributed by atoms with van der Waals surface area (Å²) in [4.78, 5) is 4.45. The third kappa shape index (κ3) is 4.23. The van der Waals surface area contributed by atoms with E-state index in [1.54, 1.807) is 7.11 Å². The van der Waals surface area contributed by atoms with E-state index in [9.17, 15) is 0 Å². The molecule has 0 radical (unpaired) electrons. The first-order valence-electron chi connectivity index (χ1n) is 9.67. The van der Waals surface area contributed by atoms with Crippen LogP contribution in [0.4, 0.5) is 0 Å². The Morgan fingerprint density at radius 3 is 2.40 bits per heavy atom. The topological polar surface area (TPSA) is 78.9 Å². The van der Waals surface area contributed by atoms with Gasteiger partial charge in [-0.15, -0.1) is 10.2 Å². The van der Waals surface area contributed by atoms with E-state index in [0.29, 0.717) is 17.5 Å². The highest BCUT2D eigenvalue weighted by Crippen LogP contribution is 2.30. The van der Waals surface area contributed by atoms with E-state index in [2.05, 4.69) is 51.5 Å². The Bertz CT molecular complexity index is 1120. The molecule has 0 saturated heterocycles. The molecule has 0 amide bonds. The fraction of sp³-hybridized carbons (Fsp3) is 0.273. The molecule has 0 atom stereocenters. The first-order chi connectivity index (χ1) is 14.5. The summed E-state index contributed by atoms with van der Waals surface area (Å²) in [6.45, 7) is 6.14. The largest absolute Gasteiger partial charge is 0.497 e. The van der Waals surface area contributed by atoms with Crippen LogP contribution in [0.15, 0.2) is 58.2 Å². The summed E-state index contributed by atoms with van der Waals surface area (Å²) < 4.78 is 12.7. The number of aryl methyl sites for hydroxylation is 1. The Morgan fingerprint density at radius 1 is 1.03 bits per heavy atom. The molecule has 0 aliphatic heterocycles. The predicted molar refractivity (Wildman–Crippen MR) is 116 cm³/mol. The molecular formula is C22H23N5O2S. The molecule has 2 heterocycles. The lowest BCUT2D eigenvalue weighted by Crippen LogP contribution is -2.00. The molecule has 0 N–H and O–H groups in total. The first-order valence-corrected chi connectivity index (χ1v) is 10.7. The van der Waals surface area contributed by atoms with Crippen LogP contribution in [0.2, 0.25) is 0 Å². The molecule has 30 heavy (non-hydrogen) atoms. The molecule has 7 nitrogen and oxygen atoms in total. The highest BCUT2D eigenvalue weighted by molar-refractivity contribution is 7.98. The Balaban J connectivity index is 1.68. The van der Waals surface area contributed by atoms with Gasteiger partial charge in [-0.05, 0) is 43.3 Å². The van der Waals surface area contributed by atoms with Crippen molar-refractivity contribution in [1.82, 2.24) is 24.9 Å². The number of methoxy groups -OCH3 is 1. The van der Waals surface area contributed by atoms with Crippen LogP contribution in [-0.4, -0.2) is 32.0 Å². The highest BCUT2D eigenvalue weighted by Gasteiger charge is 2.18. The molecule has 2 aromatic heterocycles. The van der Waals surface area contributed by atoms with Gasteiger partial charge in [0.15, 0.2) is 16.8 Å². The van der Waals surface area contributed by atoms with Gasteiger partial charge in [-0.3, -0.25) is 4.57 Å². The van der Waals surface area contributed by atoms with Crippen LogP contribution in [0.1, 0.15) is 37.0 Å². The van der Waals surface area contributed by atoms with Gasteiger partial charge >= 0.3 is 0 Å². The number of rotatable bonds is 7. The standard InChI is InChI=1S/C22H23N5O2S/c1-14(2)20-23-19(29-26-20)13-30-22-25-24-21(16-7-11-18(28-4)12-8-16)27(22)17-9-5-15(3)6-10-17/h5-12,14H,13H2,1-4H3. The normalized spacial score (nSPS) is 11.2. The monoisotopic (exact) mass is 421 g/mol. The number of thioether (sulfide) groups is 1. The van der Waals surface area contributed by atoms with Crippen LogP contribution in [0.3, 0.4) is 0 Å². The predicted octanol–water partition coefficient (Wildman–Crippen LogP) is 5.05. The van der Waals surface area contributed by atoms with Crippen LogP contribution < -0.4 is 4.74 Å². The molecule has 0 saturated carbocycles. The number of benzene rings is 2. The van der Waals surface area contributed by atoms with Crippen LogP contribution in [0.25, 0.3) is 17.1 Å². The zero-order valence-corrected chi connectivity index (χ0v) is 18.2. The molecule has 2 aromatic carbocycles. The maximum Gasteiger partial charge on any atom is 0.237 e. The number of nitrogens with zero attached hydrogens (tertiary/aromatic N) is 5. The van der Waals surface area contributed by atoms with Gasteiger partial charge in [0, 0.05) is 17.2 Å². The second-order valence-corrected chi connectivity index (χ2v) is 8.14. The lowest BCUT2D eigenvalue weighted by molar-refractivity contribution is 0.382. The van der Waals surface area contributed by atoms with E-state index >= 15 is 0 Å². The van der Waals surface area contributed by atoms with Gasteiger partial charge in [-0.2, -0.15) is 4.98 Å². The fourth-order valence-electron chi connectivity index (χ4n) is 2.90. The van der Waals surface area contributed by atoms with Crippen molar-refractivity contribution in [1.29, 1.82) is 0 Å². The summed E-state index contributed by atoms with van der Waals surface area (Å²) in [5.74, 6) is 3.60. The van der Waals surface area contributed by atoms with Gasteiger partial charge in [-0.1, -0.05) is 48.5 Å². The molecule has 0 spiro atoms. The SMILES string of the molecule is COc1ccc(-c2nnc(SCc3nc(C(C)C)no3)n2-c2ccc(C)cc2)cc1. The fourth-order valence-corrected chi connectivity index (χ4v) is 3.69. The van der Waals surface area contributed by atoms with Gasteiger partial charge in [0.05, 0.1) is 12.9 Å². The van der Waals surface area contributed by atoms with Gasteiger partial charge < -0.3 is 9.26 Å². The van der Waals surface area contributed by atoms with Crippen molar-refractivity contribution >= 4 is 11.8 Å². The average Bonchev–Trinajstić information content (AvgIpc) is 3.40. The summed E-state index contributed by atoms with van der Waals surface area (Å²) in [5.41, 5.74) is 3.14. The molecule has 8 heteroatoms. The first kappa shape index (κ1) is 20.2. The number of ether oxygens (including phenoxy) is 1. The van der Waals surface area contributed by atoms with Crippen molar-refractivity contribution in [2.75, 3.05) is 7.11 Å². The third-order valence-corrected chi connectivity index (χ3v) is 5.51. The minimum Gasteiger partial charge on any atom is -0.497 e. The third-order valence-electron chi connectivity index (χ3n) is 4.60. The van der Waals surface area contributed by atoms with E-state index in [-0.39, 0.29) is 5.92 Å². The minimum absolute atomic E-state index is 0.227. The average molecular weight is 422 g/mol. The molecule has 0 unspecified atom stereocenters. The van der Waals surface area contributed by atoms with Gasteiger partial charge in [-0.25, -0.2) is 0 Å². The summed E-state index contributed by atoms with van der Waals surface area (Å²) in [5, 5.41) is 13.7. The van der Waals surface area contributed by atoms with Crippen LogP contribution in [-0.2, 0) is 5.75 Å². The summed E-state index contributed by atoms with van der Waals surface area (Å²) in [6, 6.07) is 16.1. The molecule has 0 fully saturated rings. The quantitative estimate of drug-likeness (QED) is 0.386. The van der Waals surface area contributed by atoms with Crippen molar-refractivity contribution in [3.63, 3.8) is 0 Å². The van der Waals surface area contributed by atoms with E-state index in [1.165, 1.54) is 17.3 Å². The lowest BCUT2D eigenvalue weighted by atomic mass is 10.2. The lowest BCUT2D eigenvalue weighted by Gasteiger charge is -2.10. The summed E-state index contributed by atoms with van der Waals surface area (Å²) >= 11 is 1.52. The van der Waals surface area contributed by atoms with Crippen LogP contribution >= 0.6 is 11.8 Å². The van der Waals surface area contributed by atoms with Crippen LogP contribution in [0, 0.1) is 6.92 Å². The summed E-state index contributed by atoms with van der Waals surface area (Å²) in [7, 11) is 1.65. The minimum atomic E-state index is 0.227. The van der Waals surface area contributed by atoms with Crippen molar-refractivity contribution in [2.45, 2.75) is 37.6 Å². The highest BCUT2D eigenvalue weighted by atomic mass is 32.2. The maximum absolute atomic E-state index is 5.37. The number of aromatic nitrogens is 5. The Hall–Kier alpha value is -3.13. The molecule has 4 aromatic rings. The smallest absolute Gasteiger partial charge is 0.237 e. The van der Waals surface area contributed by atoms with E-state index < -0.39 is 0 Å². The van der Waals surface area contributed by atoms with Gasteiger partial charge in [0.2, 0.25) is 5.89 Å². The van der Waals surface area contributed by atoms with Crippen molar-refractivity contribution in [3.8, 4) is 22.8 Å². The van der Waals surface area contributed by atoms with E-state index in [4.69, 9.17) is 9.26 Å². The molecule has 0 aliphatic carbocycles.